The van der Waals surface area contributed by atoms with Crippen molar-refractivity contribution in [3.8, 4) is 0 Å². The van der Waals surface area contributed by atoms with Crippen LogP contribution in [0.1, 0.15) is 40.0 Å². The Morgan fingerprint density at radius 3 is 1.06 bits per heavy atom. The van der Waals surface area contributed by atoms with Crippen molar-refractivity contribution in [2.45, 2.75) is 64.7 Å². The Balaban J connectivity index is -0.000000447. The van der Waals surface area contributed by atoms with Crippen molar-refractivity contribution in [1.29, 1.82) is 0 Å². The first-order chi connectivity index (χ1) is 16.7. The second kappa shape index (κ2) is 25.8. The van der Waals surface area contributed by atoms with Gasteiger partial charge in [-0.15, -0.1) is 0 Å². The van der Waals surface area contributed by atoms with Crippen LogP contribution in [0.2, 0.25) is 24.7 Å². The third kappa shape index (κ3) is 19.9. The summed E-state index contributed by atoms with van der Waals surface area (Å²) in [4.78, 5) is 0. The molecule has 0 saturated heterocycles. The Morgan fingerprint density at radius 1 is 0.486 bits per heavy atom. The zero-order valence-corrected chi connectivity index (χ0v) is 27.0. The maximum atomic E-state index is 5.65. The summed E-state index contributed by atoms with van der Waals surface area (Å²) >= 11 is 0. The molecule has 11 nitrogen and oxygen atoms in total. The third-order valence-corrected chi connectivity index (χ3v) is 14.1. The summed E-state index contributed by atoms with van der Waals surface area (Å²) < 4.78 is 43.0. The van der Waals surface area contributed by atoms with E-state index >= 15 is 0 Å². The van der Waals surface area contributed by atoms with Crippen LogP contribution < -0.4 is 17.2 Å². The Bertz CT molecular complexity index is 413. The van der Waals surface area contributed by atoms with Crippen molar-refractivity contribution in [3.63, 3.8) is 0 Å². The van der Waals surface area contributed by atoms with Crippen molar-refractivity contribution in [3.05, 3.63) is 0 Å². The Hall–Kier alpha value is 0.211. The van der Waals surface area contributed by atoms with Gasteiger partial charge in [-0.3, -0.25) is 0 Å². The molecule has 0 aliphatic carbocycles. The van der Waals surface area contributed by atoms with E-state index in [1.165, 1.54) is 0 Å². The Kier molecular flexibility index (Phi) is 29.3. The molecule has 0 aromatic heterocycles. The van der Waals surface area contributed by atoms with E-state index in [1.54, 1.807) is 35.5 Å². The lowest BCUT2D eigenvalue weighted by Crippen LogP contribution is -2.46. The molecule has 0 aromatic rings. The molecule has 0 heterocycles. The molecule has 6 N–H and O–H groups in total. The molecule has 216 valence electrons. The molecule has 0 unspecified atom stereocenters. The predicted octanol–water partition coefficient (Wildman–Crippen LogP) is 2.30. The van der Waals surface area contributed by atoms with E-state index in [2.05, 4.69) is 0 Å². The van der Waals surface area contributed by atoms with Gasteiger partial charge in [0, 0.05) is 67.5 Å². The molecule has 35 heavy (non-hydrogen) atoms. The van der Waals surface area contributed by atoms with Gasteiger partial charge >= 0.3 is 26.2 Å². The second-order valence-electron chi connectivity index (χ2n) is 7.50. The van der Waals surface area contributed by atoms with Crippen LogP contribution in [0.25, 0.3) is 0 Å². The summed E-state index contributed by atoms with van der Waals surface area (Å²) in [6, 6.07) is 2.59. The summed E-state index contributed by atoms with van der Waals surface area (Å²) in [6.45, 7) is 11.8. The molecule has 0 aliphatic heterocycles. The van der Waals surface area contributed by atoms with Gasteiger partial charge in [-0.05, 0) is 72.3 Å². The lowest BCUT2D eigenvalue weighted by Gasteiger charge is -2.28. The zero-order chi connectivity index (χ0) is 27.6. The maximum absolute atomic E-state index is 5.65. The van der Waals surface area contributed by atoms with Gasteiger partial charge in [-0.25, -0.2) is 0 Å². The third-order valence-electron chi connectivity index (χ3n) is 5.10. The van der Waals surface area contributed by atoms with Gasteiger partial charge in [0.2, 0.25) is 0 Å². The van der Waals surface area contributed by atoms with E-state index in [1.807, 2.05) is 27.3 Å². The van der Waals surface area contributed by atoms with Crippen LogP contribution in [-0.2, 0) is 35.4 Å². The van der Waals surface area contributed by atoms with E-state index in [0.29, 0.717) is 32.9 Å². The fourth-order valence-electron chi connectivity index (χ4n) is 2.91. The Labute approximate surface area is 218 Å². The van der Waals surface area contributed by atoms with Crippen LogP contribution in [0.3, 0.4) is 0 Å². The van der Waals surface area contributed by atoms with E-state index in [-0.39, 0.29) is 0 Å². The average molecular weight is 564 g/mol. The highest BCUT2D eigenvalue weighted by atomic mass is 28.4. The highest BCUT2D eigenvalue weighted by molar-refractivity contribution is 6.65. The fraction of sp³-hybridized carbons (Fsp3) is 1.00. The van der Waals surface area contributed by atoms with E-state index < -0.39 is 26.2 Å². The molecule has 0 saturated carbocycles. The lowest BCUT2D eigenvalue weighted by atomic mass is 10.5. The Morgan fingerprint density at radius 2 is 0.800 bits per heavy atom. The number of hydrogen-bond acceptors (Lipinski definition) is 11. The van der Waals surface area contributed by atoms with Gasteiger partial charge in [-0.1, -0.05) is 0 Å². The second-order valence-corrected chi connectivity index (χ2v) is 16.9. The van der Waals surface area contributed by atoms with Crippen LogP contribution in [-0.4, -0.2) is 101 Å². The molecule has 0 rings (SSSR count). The average Bonchev–Trinajstić information content (AvgIpc) is 2.88. The van der Waals surface area contributed by atoms with Gasteiger partial charge in [0.25, 0.3) is 0 Å². The van der Waals surface area contributed by atoms with Gasteiger partial charge < -0.3 is 52.6 Å². The van der Waals surface area contributed by atoms with Crippen LogP contribution >= 0.6 is 0 Å². The van der Waals surface area contributed by atoms with E-state index in [0.717, 1.165) is 43.9 Å². The van der Waals surface area contributed by atoms with Crippen molar-refractivity contribution in [2.24, 2.45) is 17.2 Å². The van der Waals surface area contributed by atoms with E-state index in [9.17, 15) is 0 Å². The monoisotopic (exact) mass is 563 g/mol. The minimum absolute atomic E-state index is 0.636. The first-order valence-corrected chi connectivity index (χ1v) is 18.8. The lowest BCUT2D eigenvalue weighted by molar-refractivity contribution is 0.0710. The maximum Gasteiger partial charge on any atom is 0.500 e. The predicted molar refractivity (Wildman–Crippen MR) is 148 cm³/mol. The van der Waals surface area contributed by atoms with Crippen molar-refractivity contribution in [2.75, 3.05) is 75.0 Å². The topological polar surface area (TPSA) is 152 Å². The van der Waals surface area contributed by atoms with Gasteiger partial charge in [0.15, 0.2) is 0 Å². The summed E-state index contributed by atoms with van der Waals surface area (Å²) in [7, 11) is 1.71. The molecule has 0 aromatic carbocycles. The summed E-state index contributed by atoms with van der Waals surface area (Å²) in [5, 5.41) is 0. The van der Waals surface area contributed by atoms with Crippen LogP contribution in [0, 0.1) is 0 Å². The molecule has 14 heteroatoms. The summed E-state index contributed by atoms with van der Waals surface area (Å²) in [5.41, 5.74) is 16.2. The molecular formula is C21H57N3O8Si3. The van der Waals surface area contributed by atoms with Crippen LogP contribution in [0.4, 0.5) is 0 Å². The first kappa shape index (κ1) is 39.7. The van der Waals surface area contributed by atoms with E-state index in [4.69, 9.17) is 52.6 Å². The van der Waals surface area contributed by atoms with Gasteiger partial charge in [-0.2, -0.15) is 0 Å². The molecular weight excluding hydrogens is 507 g/mol. The summed E-state index contributed by atoms with van der Waals surface area (Å²) in [5.74, 6) is 0. The van der Waals surface area contributed by atoms with Crippen LogP contribution in [0.5, 0.6) is 0 Å². The first-order valence-electron chi connectivity index (χ1n) is 12.4. The van der Waals surface area contributed by atoms with Crippen molar-refractivity contribution in [1.82, 2.24) is 0 Å². The molecule has 0 amide bonds. The molecule has 0 bridgehead atoms. The standard InChI is InChI=1S/C9H23NO3Si.C6H17NO3Si.C6H17NO2Si/c1-4-11-14(12-5-2,13-6-3)9-7-8-10;1-8-11(9-2,10-3)6-4-5-7;1-8-10(3,9-2)6-4-5-7/h4-10H2,1-3H3;4-7H2,1-3H3;4-7H2,1-3H3. The molecule has 0 aliphatic rings. The molecule has 0 atom stereocenters. The zero-order valence-electron chi connectivity index (χ0n) is 24.0. The number of nitrogens with two attached hydrogens (primary N) is 3. The van der Waals surface area contributed by atoms with Gasteiger partial charge in [0.05, 0.1) is 0 Å². The molecule has 0 spiro atoms. The highest BCUT2D eigenvalue weighted by Gasteiger charge is 2.39. The minimum atomic E-state index is -2.40. The number of hydrogen-bond donors (Lipinski definition) is 3. The van der Waals surface area contributed by atoms with Gasteiger partial charge in [0.1, 0.15) is 0 Å². The van der Waals surface area contributed by atoms with Crippen molar-refractivity contribution < 1.29 is 35.4 Å². The fourth-order valence-corrected chi connectivity index (χ4v) is 8.72. The quantitative estimate of drug-likeness (QED) is 0.187. The highest BCUT2D eigenvalue weighted by Crippen LogP contribution is 2.17. The summed E-state index contributed by atoms with van der Waals surface area (Å²) in [6.07, 6.45) is 2.76. The largest absolute Gasteiger partial charge is 0.500 e. The SMILES string of the molecule is CCO[Si](CCCN)(OCC)OCC.CO[Si](C)(CCCN)OC.CO[Si](CCCN)(OC)OC. The normalized spacial score (nSPS) is 12.0. The smallest absolute Gasteiger partial charge is 0.398 e. The van der Waals surface area contributed by atoms with Crippen molar-refractivity contribution >= 4 is 26.2 Å². The van der Waals surface area contributed by atoms with Crippen LogP contribution in [0.15, 0.2) is 0 Å². The number of rotatable bonds is 20. The minimum Gasteiger partial charge on any atom is -0.398 e. The molecule has 0 radical (unpaired) electrons. The molecule has 0 fully saturated rings.